The molecule has 3 nitrogen and oxygen atoms in total. The van der Waals surface area contributed by atoms with E-state index >= 15 is 0 Å². The minimum Gasteiger partial charge on any atom is -0.326 e. The Hall–Kier alpha value is -1.21. The van der Waals surface area contributed by atoms with Gasteiger partial charge in [0.25, 0.3) is 0 Å². The molecule has 1 aromatic rings. The first-order valence-corrected chi connectivity index (χ1v) is 7.48. The number of halogens is 3. The van der Waals surface area contributed by atoms with Crippen LogP contribution in [0.4, 0.5) is 18.9 Å². The van der Waals surface area contributed by atoms with E-state index in [0.29, 0.717) is 5.69 Å². The zero-order chi connectivity index (χ0) is 15.5. The van der Waals surface area contributed by atoms with Gasteiger partial charge in [-0.3, -0.25) is 4.79 Å². The summed E-state index contributed by atoms with van der Waals surface area (Å²) in [6, 6.07) is 5.71. The number of hydrogen-bond donors (Lipinski definition) is 2. The molecule has 1 aliphatic heterocycles. The molecule has 0 aliphatic carbocycles. The number of alkyl halides is 3. The normalized spacial score (nSPS) is 18.3. The number of benzene rings is 1. The minimum atomic E-state index is -4.30. The molecule has 1 aliphatic rings. The van der Waals surface area contributed by atoms with Crippen molar-refractivity contribution in [3.63, 3.8) is 0 Å². The van der Waals surface area contributed by atoms with E-state index in [-0.39, 0.29) is 22.6 Å². The molecule has 1 saturated heterocycles. The van der Waals surface area contributed by atoms with Crippen molar-refractivity contribution in [3.05, 3.63) is 24.3 Å². The predicted octanol–water partition coefficient (Wildman–Crippen LogP) is 3.63. The van der Waals surface area contributed by atoms with Crippen molar-refractivity contribution in [2.75, 3.05) is 18.4 Å². The lowest BCUT2D eigenvalue weighted by Gasteiger charge is -2.32. The summed E-state index contributed by atoms with van der Waals surface area (Å²) in [6.45, 7) is 3.51. The van der Waals surface area contributed by atoms with Crippen LogP contribution in [0.25, 0.3) is 0 Å². The summed E-state index contributed by atoms with van der Waals surface area (Å²) in [5.41, 5.74) is -4.20. The van der Waals surface area contributed by atoms with E-state index in [2.05, 4.69) is 10.6 Å². The van der Waals surface area contributed by atoms with Crippen LogP contribution < -0.4 is 10.6 Å². The van der Waals surface area contributed by atoms with E-state index < -0.39 is 10.9 Å². The average molecular weight is 318 g/mol. The lowest BCUT2D eigenvalue weighted by molar-refractivity contribution is -0.126. The van der Waals surface area contributed by atoms with Crippen molar-refractivity contribution < 1.29 is 18.0 Å². The Labute approximate surface area is 125 Å². The van der Waals surface area contributed by atoms with E-state index in [0.717, 1.165) is 25.9 Å². The van der Waals surface area contributed by atoms with Gasteiger partial charge >= 0.3 is 5.51 Å². The summed E-state index contributed by atoms with van der Waals surface area (Å²) >= 11 is -0.165. The van der Waals surface area contributed by atoms with Gasteiger partial charge in [-0.1, -0.05) is 6.92 Å². The van der Waals surface area contributed by atoms with Gasteiger partial charge in [-0.25, -0.2) is 0 Å². The standard InChI is InChI=1S/C14H17F3N2OS/c1-13(6-8-18-9-7-13)12(20)19-10-2-4-11(5-3-10)21-14(15,16)17/h2-5,18H,6-9H2,1H3,(H,19,20). The van der Waals surface area contributed by atoms with E-state index in [1.54, 1.807) is 0 Å². The van der Waals surface area contributed by atoms with Crippen LogP contribution in [0, 0.1) is 5.41 Å². The molecule has 0 spiro atoms. The Morgan fingerprint density at radius 3 is 2.33 bits per heavy atom. The van der Waals surface area contributed by atoms with E-state index in [1.807, 2.05) is 6.92 Å². The molecule has 2 rings (SSSR count). The molecule has 1 fully saturated rings. The van der Waals surface area contributed by atoms with Crippen LogP contribution in [-0.4, -0.2) is 24.5 Å². The molecule has 0 atom stereocenters. The van der Waals surface area contributed by atoms with Crippen LogP contribution in [0.1, 0.15) is 19.8 Å². The highest BCUT2D eigenvalue weighted by Crippen LogP contribution is 2.37. The SMILES string of the molecule is CC1(C(=O)Nc2ccc(SC(F)(F)F)cc2)CCNCC1. The number of carbonyl (C=O) groups is 1. The minimum absolute atomic E-state index is 0.0831. The Kier molecular flexibility index (Phi) is 4.83. The van der Waals surface area contributed by atoms with Crippen molar-refractivity contribution in [3.8, 4) is 0 Å². The van der Waals surface area contributed by atoms with E-state index in [9.17, 15) is 18.0 Å². The Balaban J connectivity index is 1.98. The average Bonchev–Trinajstić information content (AvgIpc) is 2.40. The fourth-order valence-electron chi connectivity index (χ4n) is 2.23. The lowest BCUT2D eigenvalue weighted by Crippen LogP contribution is -2.42. The Morgan fingerprint density at radius 1 is 1.24 bits per heavy atom. The van der Waals surface area contributed by atoms with Gasteiger partial charge in [0.15, 0.2) is 0 Å². The highest BCUT2D eigenvalue weighted by Gasteiger charge is 2.34. The smallest absolute Gasteiger partial charge is 0.326 e. The molecule has 1 heterocycles. The maximum atomic E-state index is 12.3. The molecule has 7 heteroatoms. The maximum Gasteiger partial charge on any atom is 0.446 e. The van der Waals surface area contributed by atoms with Gasteiger partial charge in [-0.15, -0.1) is 0 Å². The molecule has 1 amide bonds. The summed E-state index contributed by atoms with van der Waals surface area (Å²) in [5.74, 6) is -0.0831. The number of thioether (sulfide) groups is 1. The lowest BCUT2D eigenvalue weighted by atomic mass is 9.80. The molecule has 0 radical (unpaired) electrons. The summed E-state index contributed by atoms with van der Waals surface area (Å²) < 4.78 is 36.7. The molecule has 1 aromatic carbocycles. The summed E-state index contributed by atoms with van der Waals surface area (Å²) in [7, 11) is 0. The molecule has 0 aromatic heterocycles. The number of rotatable bonds is 3. The van der Waals surface area contributed by atoms with Gasteiger partial charge in [-0.05, 0) is 62.0 Å². The van der Waals surface area contributed by atoms with Crippen LogP contribution in [0.5, 0.6) is 0 Å². The van der Waals surface area contributed by atoms with Crippen LogP contribution >= 0.6 is 11.8 Å². The molecular formula is C14H17F3N2OS. The summed E-state index contributed by atoms with van der Waals surface area (Å²) in [5, 5.41) is 5.98. The van der Waals surface area contributed by atoms with Crippen LogP contribution in [0.2, 0.25) is 0 Å². The van der Waals surface area contributed by atoms with Gasteiger partial charge < -0.3 is 10.6 Å². The third-order valence-electron chi connectivity index (χ3n) is 3.60. The first kappa shape index (κ1) is 16.2. The highest BCUT2D eigenvalue weighted by molar-refractivity contribution is 8.00. The number of amides is 1. The molecule has 116 valence electrons. The number of hydrogen-bond acceptors (Lipinski definition) is 3. The summed E-state index contributed by atoms with van der Waals surface area (Å²) in [4.78, 5) is 12.4. The highest BCUT2D eigenvalue weighted by atomic mass is 32.2. The third kappa shape index (κ3) is 4.64. The van der Waals surface area contributed by atoms with Gasteiger partial charge in [0, 0.05) is 16.0 Å². The predicted molar refractivity (Wildman–Crippen MR) is 77.2 cm³/mol. The second-order valence-corrected chi connectivity index (χ2v) is 6.48. The number of anilines is 1. The molecule has 0 unspecified atom stereocenters. The van der Waals surface area contributed by atoms with Gasteiger partial charge in [0.2, 0.25) is 5.91 Å². The van der Waals surface area contributed by atoms with E-state index in [4.69, 9.17) is 0 Å². The second-order valence-electron chi connectivity index (χ2n) is 5.34. The van der Waals surface area contributed by atoms with Gasteiger partial charge in [0.05, 0.1) is 0 Å². The van der Waals surface area contributed by atoms with Crippen LogP contribution in [-0.2, 0) is 4.79 Å². The molecular weight excluding hydrogens is 301 g/mol. The second kappa shape index (κ2) is 6.27. The molecule has 21 heavy (non-hydrogen) atoms. The fourth-order valence-corrected chi connectivity index (χ4v) is 2.77. The third-order valence-corrected chi connectivity index (χ3v) is 4.34. The van der Waals surface area contributed by atoms with Crippen LogP contribution in [0.15, 0.2) is 29.2 Å². The number of carbonyl (C=O) groups excluding carboxylic acids is 1. The molecule has 0 saturated carbocycles. The van der Waals surface area contributed by atoms with Crippen LogP contribution in [0.3, 0.4) is 0 Å². The van der Waals surface area contributed by atoms with Gasteiger partial charge in [0.1, 0.15) is 0 Å². The zero-order valence-corrected chi connectivity index (χ0v) is 12.4. The Morgan fingerprint density at radius 2 is 1.81 bits per heavy atom. The van der Waals surface area contributed by atoms with E-state index in [1.165, 1.54) is 24.3 Å². The maximum absolute atomic E-state index is 12.3. The van der Waals surface area contributed by atoms with Crippen molar-refractivity contribution in [2.45, 2.75) is 30.2 Å². The van der Waals surface area contributed by atoms with Gasteiger partial charge in [-0.2, -0.15) is 13.2 Å². The van der Waals surface area contributed by atoms with Crippen molar-refractivity contribution in [1.82, 2.24) is 5.32 Å². The molecule has 2 N–H and O–H groups in total. The number of piperidine rings is 1. The topological polar surface area (TPSA) is 41.1 Å². The first-order valence-electron chi connectivity index (χ1n) is 6.66. The van der Waals surface area contributed by atoms with Crippen molar-refractivity contribution >= 4 is 23.4 Å². The quantitative estimate of drug-likeness (QED) is 0.836. The Bertz CT molecular complexity index is 496. The van der Waals surface area contributed by atoms with Crippen molar-refractivity contribution in [2.24, 2.45) is 5.41 Å². The largest absolute Gasteiger partial charge is 0.446 e. The van der Waals surface area contributed by atoms with Crippen molar-refractivity contribution in [1.29, 1.82) is 0 Å². The number of nitrogens with one attached hydrogen (secondary N) is 2. The fraction of sp³-hybridized carbons (Fsp3) is 0.500. The molecule has 0 bridgehead atoms. The zero-order valence-electron chi connectivity index (χ0n) is 11.6. The monoisotopic (exact) mass is 318 g/mol. The summed E-state index contributed by atoms with van der Waals surface area (Å²) in [6.07, 6.45) is 1.50. The first-order chi connectivity index (χ1) is 9.78.